The van der Waals surface area contributed by atoms with Gasteiger partial charge in [-0.15, -0.1) is 0 Å². The van der Waals surface area contributed by atoms with Crippen molar-refractivity contribution < 1.29 is 0 Å². The molecular formula is C7H14N2. The molecule has 0 aromatic carbocycles. The first-order chi connectivity index (χ1) is 4.47. The molecule has 2 N–H and O–H groups in total. The van der Waals surface area contributed by atoms with Crippen LogP contribution in [0.3, 0.4) is 0 Å². The van der Waals surface area contributed by atoms with E-state index in [0.29, 0.717) is 0 Å². The van der Waals surface area contributed by atoms with Crippen molar-refractivity contribution in [2.45, 2.75) is 31.7 Å². The van der Waals surface area contributed by atoms with E-state index in [4.69, 9.17) is 0 Å². The predicted octanol–water partition coefficient (Wildman–Crippen LogP) is 0.653. The molecule has 1 heterocycles. The van der Waals surface area contributed by atoms with Gasteiger partial charge in [0, 0.05) is 12.6 Å². The Morgan fingerprint density at radius 3 is 2.89 bits per heavy atom. The Bertz CT molecular complexity index is 91.1. The number of rotatable bonds is 0. The normalized spacial score (nSPS) is 42.7. The van der Waals surface area contributed by atoms with Crippen molar-refractivity contribution in [1.82, 2.24) is 10.9 Å². The highest BCUT2D eigenvalue weighted by molar-refractivity contribution is 4.85. The van der Waals surface area contributed by atoms with Gasteiger partial charge in [0.15, 0.2) is 0 Å². The zero-order chi connectivity index (χ0) is 6.10. The minimum Gasteiger partial charge on any atom is -0.257 e. The number of hydrogen-bond donors (Lipinski definition) is 2. The predicted molar refractivity (Wildman–Crippen MR) is 36.9 cm³/mol. The van der Waals surface area contributed by atoms with Gasteiger partial charge < -0.3 is 0 Å². The van der Waals surface area contributed by atoms with Gasteiger partial charge in [-0.1, -0.05) is 12.8 Å². The van der Waals surface area contributed by atoms with Crippen LogP contribution in [0.15, 0.2) is 0 Å². The molecule has 2 heteroatoms. The van der Waals surface area contributed by atoms with Gasteiger partial charge in [-0.2, -0.15) is 0 Å². The van der Waals surface area contributed by atoms with Gasteiger partial charge in [-0.25, -0.2) is 0 Å². The summed E-state index contributed by atoms with van der Waals surface area (Å²) in [5.41, 5.74) is 6.52. The highest BCUT2D eigenvalue weighted by Crippen LogP contribution is 2.25. The number of nitrogens with one attached hydrogen (secondary N) is 2. The zero-order valence-electron chi connectivity index (χ0n) is 5.69. The molecule has 0 spiro atoms. The highest BCUT2D eigenvalue weighted by Gasteiger charge is 2.28. The lowest BCUT2D eigenvalue weighted by Crippen LogP contribution is -2.32. The Morgan fingerprint density at radius 2 is 2.00 bits per heavy atom. The van der Waals surface area contributed by atoms with E-state index in [-0.39, 0.29) is 0 Å². The highest BCUT2D eigenvalue weighted by atomic mass is 15.4. The molecule has 9 heavy (non-hydrogen) atoms. The van der Waals surface area contributed by atoms with Crippen LogP contribution in [0.25, 0.3) is 0 Å². The summed E-state index contributed by atoms with van der Waals surface area (Å²) in [6.45, 7) is 1.20. The van der Waals surface area contributed by atoms with Crippen molar-refractivity contribution in [3.63, 3.8) is 0 Å². The molecule has 1 aliphatic heterocycles. The first kappa shape index (κ1) is 5.69. The molecule has 2 aliphatic rings. The van der Waals surface area contributed by atoms with Crippen LogP contribution in [-0.4, -0.2) is 12.6 Å². The smallest absolute Gasteiger partial charge is 0.0253 e. The lowest BCUT2D eigenvalue weighted by molar-refractivity contribution is 0.334. The third kappa shape index (κ3) is 0.970. The Labute approximate surface area is 56.0 Å². The van der Waals surface area contributed by atoms with Gasteiger partial charge in [-0.3, -0.25) is 10.9 Å². The zero-order valence-corrected chi connectivity index (χ0v) is 5.69. The first-order valence-electron chi connectivity index (χ1n) is 3.95. The van der Waals surface area contributed by atoms with Crippen LogP contribution >= 0.6 is 0 Å². The van der Waals surface area contributed by atoms with Crippen molar-refractivity contribution in [3.05, 3.63) is 0 Å². The van der Waals surface area contributed by atoms with Gasteiger partial charge in [-0.05, 0) is 18.8 Å². The van der Waals surface area contributed by atoms with E-state index in [0.717, 1.165) is 12.0 Å². The van der Waals surface area contributed by atoms with E-state index in [1.807, 2.05) is 0 Å². The van der Waals surface area contributed by atoms with Gasteiger partial charge in [0.1, 0.15) is 0 Å². The van der Waals surface area contributed by atoms with Gasteiger partial charge >= 0.3 is 0 Å². The average molecular weight is 126 g/mol. The summed E-state index contributed by atoms with van der Waals surface area (Å²) >= 11 is 0. The standard InChI is InChI=1S/C7H14N2/c1-2-4-7-6(3-1)5-8-9-7/h6-9H,1-5H2. The monoisotopic (exact) mass is 126 g/mol. The van der Waals surface area contributed by atoms with Gasteiger partial charge in [0.25, 0.3) is 0 Å². The van der Waals surface area contributed by atoms with E-state index in [1.54, 1.807) is 0 Å². The second kappa shape index (κ2) is 2.27. The van der Waals surface area contributed by atoms with Crippen LogP contribution in [-0.2, 0) is 0 Å². The summed E-state index contributed by atoms with van der Waals surface area (Å²) in [4.78, 5) is 0. The van der Waals surface area contributed by atoms with Crippen LogP contribution < -0.4 is 10.9 Å². The van der Waals surface area contributed by atoms with Crippen LogP contribution in [0.5, 0.6) is 0 Å². The van der Waals surface area contributed by atoms with Crippen molar-refractivity contribution in [3.8, 4) is 0 Å². The first-order valence-corrected chi connectivity index (χ1v) is 3.95. The summed E-state index contributed by atoms with van der Waals surface area (Å²) in [6.07, 6.45) is 5.70. The van der Waals surface area contributed by atoms with Crippen LogP contribution in [0.4, 0.5) is 0 Å². The average Bonchev–Trinajstić information content (AvgIpc) is 2.33. The van der Waals surface area contributed by atoms with Crippen LogP contribution in [0, 0.1) is 5.92 Å². The van der Waals surface area contributed by atoms with E-state index >= 15 is 0 Å². The molecule has 52 valence electrons. The lowest BCUT2D eigenvalue weighted by Gasteiger charge is -2.22. The van der Waals surface area contributed by atoms with E-state index in [9.17, 15) is 0 Å². The van der Waals surface area contributed by atoms with Crippen molar-refractivity contribution >= 4 is 0 Å². The molecule has 1 saturated heterocycles. The maximum Gasteiger partial charge on any atom is 0.0253 e. The molecular weight excluding hydrogens is 112 g/mol. The molecule has 1 saturated carbocycles. The molecule has 0 radical (unpaired) electrons. The Hall–Kier alpha value is -0.0800. The Morgan fingerprint density at radius 1 is 1.11 bits per heavy atom. The molecule has 0 aromatic heterocycles. The van der Waals surface area contributed by atoms with Crippen molar-refractivity contribution in [1.29, 1.82) is 0 Å². The minimum absolute atomic E-state index is 0.804. The molecule has 0 aromatic rings. The van der Waals surface area contributed by atoms with E-state index < -0.39 is 0 Å². The second-order valence-electron chi connectivity index (χ2n) is 3.18. The third-order valence-corrected chi connectivity index (χ3v) is 2.56. The van der Waals surface area contributed by atoms with Crippen LogP contribution in [0.1, 0.15) is 25.7 Å². The lowest BCUT2D eigenvalue weighted by atomic mass is 9.86. The van der Waals surface area contributed by atoms with Gasteiger partial charge in [0.05, 0.1) is 0 Å². The largest absolute Gasteiger partial charge is 0.257 e. The minimum atomic E-state index is 0.804. The summed E-state index contributed by atoms with van der Waals surface area (Å²) in [5.74, 6) is 0.943. The molecule has 2 unspecified atom stereocenters. The Balaban J connectivity index is 1.97. The number of hydrogen-bond acceptors (Lipinski definition) is 2. The fourth-order valence-corrected chi connectivity index (χ4v) is 1.96. The number of fused-ring (bicyclic) bond motifs is 1. The summed E-state index contributed by atoms with van der Waals surface area (Å²) < 4.78 is 0. The Kier molecular flexibility index (Phi) is 1.44. The quantitative estimate of drug-likeness (QED) is 0.498. The third-order valence-electron chi connectivity index (χ3n) is 2.56. The van der Waals surface area contributed by atoms with E-state index in [1.165, 1.54) is 32.2 Å². The van der Waals surface area contributed by atoms with Gasteiger partial charge in [0.2, 0.25) is 0 Å². The van der Waals surface area contributed by atoms with Crippen molar-refractivity contribution in [2.24, 2.45) is 5.92 Å². The summed E-state index contributed by atoms with van der Waals surface area (Å²) in [7, 11) is 0. The molecule has 2 fully saturated rings. The number of hydrazine groups is 1. The molecule has 2 rings (SSSR count). The summed E-state index contributed by atoms with van der Waals surface area (Å²) in [6, 6.07) is 0.804. The topological polar surface area (TPSA) is 24.1 Å². The maximum atomic E-state index is 3.31. The SMILES string of the molecule is C1CCC2NNCC2C1. The molecule has 1 aliphatic carbocycles. The molecule has 0 amide bonds. The summed E-state index contributed by atoms with van der Waals surface area (Å²) in [5, 5.41) is 0. The maximum absolute atomic E-state index is 3.31. The second-order valence-corrected chi connectivity index (χ2v) is 3.18. The fraction of sp³-hybridized carbons (Fsp3) is 1.00. The van der Waals surface area contributed by atoms with Crippen molar-refractivity contribution in [2.75, 3.05) is 6.54 Å². The molecule has 2 nitrogen and oxygen atoms in total. The molecule has 2 atom stereocenters. The fourth-order valence-electron chi connectivity index (χ4n) is 1.96. The van der Waals surface area contributed by atoms with E-state index in [2.05, 4.69) is 10.9 Å². The van der Waals surface area contributed by atoms with Crippen LogP contribution in [0.2, 0.25) is 0 Å². The molecule has 0 bridgehead atoms.